The fourth-order valence-electron chi connectivity index (χ4n) is 2.38. The zero-order valence-electron chi connectivity index (χ0n) is 10.9. The van der Waals surface area contributed by atoms with Crippen LogP contribution < -0.4 is 5.73 Å². The maximum absolute atomic E-state index is 11.6. The standard InChI is InChI=1S/C13H20N2O3/c1-3-17-13(16)10-11(14)18-12(15-10)9-6-4-8(2)5-7-9/h8-9H,3-7,14H2,1-2H3. The first-order valence-corrected chi connectivity index (χ1v) is 6.55. The van der Waals surface area contributed by atoms with E-state index >= 15 is 0 Å². The molecule has 0 amide bonds. The molecule has 0 bridgehead atoms. The molecule has 1 aromatic rings. The van der Waals surface area contributed by atoms with Gasteiger partial charge in [-0.15, -0.1) is 0 Å². The van der Waals surface area contributed by atoms with Gasteiger partial charge in [-0.2, -0.15) is 0 Å². The first-order chi connectivity index (χ1) is 8.61. The highest BCUT2D eigenvalue weighted by Crippen LogP contribution is 2.36. The summed E-state index contributed by atoms with van der Waals surface area (Å²) < 4.78 is 10.3. The number of carbonyl (C=O) groups excluding carboxylic acids is 1. The predicted octanol–water partition coefficient (Wildman–Crippen LogP) is 2.73. The van der Waals surface area contributed by atoms with E-state index in [1.54, 1.807) is 6.92 Å². The molecule has 1 aliphatic rings. The minimum Gasteiger partial charge on any atom is -0.461 e. The molecular weight excluding hydrogens is 232 g/mol. The summed E-state index contributed by atoms with van der Waals surface area (Å²) in [5.41, 5.74) is 5.79. The third kappa shape index (κ3) is 2.66. The molecule has 1 aromatic heterocycles. The van der Waals surface area contributed by atoms with Crippen LogP contribution in [0.4, 0.5) is 5.88 Å². The van der Waals surface area contributed by atoms with Crippen LogP contribution in [0.5, 0.6) is 0 Å². The number of hydrogen-bond acceptors (Lipinski definition) is 5. The third-order valence-corrected chi connectivity index (χ3v) is 3.50. The van der Waals surface area contributed by atoms with Gasteiger partial charge in [-0.25, -0.2) is 9.78 Å². The zero-order valence-corrected chi connectivity index (χ0v) is 10.9. The van der Waals surface area contributed by atoms with E-state index in [0.29, 0.717) is 12.5 Å². The van der Waals surface area contributed by atoms with Gasteiger partial charge in [-0.05, 0) is 38.5 Å². The summed E-state index contributed by atoms with van der Waals surface area (Å²) in [5.74, 6) is 1.20. The van der Waals surface area contributed by atoms with Gasteiger partial charge < -0.3 is 14.9 Å². The molecule has 0 aliphatic heterocycles. The normalized spacial score (nSPS) is 23.9. The van der Waals surface area contributed by atoms with E-state index in [-0.39, 0.29) is 17.5 Å². The number of nitrogens with two attached hydrogens (primary N) is 1. The highest BCUT2D eigenvalue weighted by molar-refractivity contribution is 5.91. The smallest absolute Gasteiger partial charge is 0.362 e. The quantitative estimate of drug-likeness (QED) is 0.837. The number of ether oxygens (including phenoxy) is 1. The van der Waals surface area contributed by atoms with Gasteiger partial charge in [-0.3, -0.25) is 0 Å². The molecule has 5 nitrogen and oxygen atoms in total. The summed E-state index contributed by atoms with van der Waals surface area (Å²) in [6.07, 6.45) is 4.43. The summed E-state index contributed by atoms with van der Waals surface area (Å²) in [4.78, 5) is 15.8. The van der Waals surface area contributed by atoms with Gasteiger partial charge in [-0.1, -0.05) is 6.92 Å². The van der Waals surface area contributed by atoms with E-state index in [9.17, 15) is 4.79 Å². The highest BCUT2D eigenvalue weighted by Gasteiger charge is 2.27. The van der Waals surface area contributed by atoms with Crippen molar-refractivity contribution in [1.29, 1.82) is 0 Å². The monoisotopic (exact) mass is 252 g/mol. The third-order valence-electron chi connectivity index (χ3n) is 3.50. The fraction of sp³-hybridized carbons (Fsp3) is 0.692. The molecule has 5 heteroatoms. The van der Waals surface area contributed by atoms with E-state index in [1.165, 1.54) is 12.8 Å². The van der Waals surface area contributed by atoms with Gasteiger partial charge in [0.15, 0.2) is 0 Å². The Hall–Kier alpha value is -1.52. The maximum atomic E-state index is 11.6. The molecule has 1 heterocycles. The molecule has 0 atom stereocenters. The van der Waals surface area contributed by atoms with Crippen LogP contribution >= 0.6 is 0 Å². The number of oxazole rings is 1. The second-order valence-corrected chi connectivity index (χ2v) is 4.94. The second-order valence-electron chi connectivity index (χ2n) is 4.94. The Morgan fingerprint density at radius 3 is 2.72 bits per heavy atom. The van der Waals surface area contributed by atoms with Gasteiger partial charge >= 0.3 is 5.97 Å². The molecule has 2 rings (SSSR count). The lowest BCUT2D eigenvalue weighted by Gasteiger charge is -2.23. The largest absolute Gasteiger partial charge is 0.461 e. The Balaban J connectivity index is 2.11. The van der Waals surface area contributed by atoms with Crippen LogP contribution in [0.1, 0.15) is 61.8 Å². The minimum atomic E-state index is -0.505. The van der Waals surface area contributed by atoms with Gasteiger partial charge in [0.2, 0.25) is 17.5 Å². The van der Waals surface area contributed by atoms with E-state index in [2.05, 4.69) is 11.9 Å². The van der Waals surface area contributed by atoms with Crippen LogP contribution in [-0.2, 0) is 4.74 Å². The number of rotatable bonds is 3. The molecule has 0 unspecified atom stereocenters. The summed E-state index contributed by atoms with van der Waals surface area (Å²) in [6, 6.07) is 0. The van der Waals surface area contributed by atoms with Crippen LogP contribution in [-0.4, -0.2) is 17.6 Å². The molecule has 1 fully saturated rings. The lowest BCUT2D eigenvalue weighted by molar-refractivity contribution is 0.0521. The lowest BCUT2D eigenvalue weighted by atomic mass is 9.83. The van der Waals surface area contributed by atoms with E-state index in [0.717, 1.165) is 18.8 Å². The Bertz CT molecular complexity index is 420. The summed E-state index contributed by atoms with van der Waals surface area (Å²) >= 11 is 0. The van der Waals surface area contributed by atoms with Crippen molar-refractivity contribution < 1.29 is 13.9 Å². The van der Waals surface area contributed by atoms with Crippen molar-refractivity contribution in [2.75, 3.05) is 12.3 Å². The molecule has 0 saturated heterocycles. The van der Waals surface area contributed by atoms with Crippen molar-refractivity contribution in [2.45, 2.75) is 45.4 Å². The van der Waals surface area contributed by atoms with Crippen molar-refractivity contribution >= 4 is 11.9 Å². The number of carbonyl (C=O) groups is 1. The fourth-order valence-corrected chi connectivity index (χ4v) is 2.38. The SMILES string of the molecule is CCOC(=O)c1nc(C2CCC(C)CC2)oc1N. The van der Waals surface area contributed by atoms with Gasteiger partial charge in [0.1, 0.15) is 0 Å². The predicted molar refractivity (Wildman–Crippen MR) is 67.2 cm³/mol. The molecular formula is C13H20N2O3. The van der Waals surface area contributed by atoms with Gasteiger partial charge in [0.25, 0.3) is 0 Å². The number of aromatic nitrogens is 1. The summed E-state index contributed by atoms with van der Waals surface area (Å²) in [7, 11) is 0. The number of nitrogen functional groups attached to an aromatic ring is 1. The number of esters is 1. The maximum Gasteiger partial charge on any atom is 0.362 e. The van der Waals surface area contributed by atoms with Gasteiger partial charge in [0.05, 0.1) is 6.61 Å². The average Bonchev–Trinajstić information content (AvgIpc) is 2.72. The molecule has 0 aromatic carbocycles. The van der Waals surface area contributed by atoms with Crippen LogP contribution in [0.25, 0.3) is 0 Å². The van der Waals surface area contributed by atoms with Crippen LogP contribution in [0.15, 0.2) is 4.42 Å². The zero-order chi connectivity index (χ0) is 13.1. The summed E-state index contributed by atoms with van der Waals surface area (Å²) in [5, 5.41) is 0. The number of hydrogen-bond donors (Lipinski definition) is 1. The van der Waals surface area contributed by atoms with Crippen molar-refractivity contribution in [1.82, 2.24) is 4.98 Å². The van der Waals surface area contributed by atoms with Crippen LogP contribution in [0.2, 0.25) is 0 Å². The molecule has 18 heavy (non-hydrogen) atoms. The van der Waals surface area contributed by atoms with Gasteiger partial charge in [0, 0.05) is 5.92 Å². The van der Waals surface area contributed by atoms with Crippen LogP contribution in [0, 0.1) is 5.92 Å². The molecule has 1 aliphatic carbocycles. The molecule has 0 radical (unpaired) electrons. The molecule has 100 valence electrons. The van der Waals surface area contributed by atoms with Crippen molar-refractivity contribution in [3.05, 3.63) is 11.6 Å². The first-order valence-electron chi connectivity index (χ1n) is 6.55. The first kappa shape index (κ1) is 12.9. The highest BCUT2D eigenvalue weighted by atomic mass is 16.5. The Morgan fingerprint density at radius 2 is 2.11 bits per heavy atom. The van der Waals surface area contributed by atoms with E-state index < -0.39 is 5.97 Å². The second kappa shape index (κ2) is 5.42. The molecule has 1 saturated carbocycles. The number of anilines is 1. The molecule has 0 spiro atoms. The van der Waals surface area contributed by atoms with E-state index in [4.69, 9.17) is 14.9 Å². The van der Waals surface area contributed by atoms with Crippen LogP contribution in [0.3, 0.4) is 0 Å². The van der Waals surface area contributed by atoms with E-state index in [1.807, 2.05) is 0 Å². The van der Waals surface area contributed by atoms with Crippen molar-refractivity contribution in [3.63, 3.8) is 0 Å². The lowest BCUT2D eigenvalue weighted by Crippen LogP contribution is -2.12. The summed E-state index contributed by atoms with van der Waals surface area (Å²) in [6.45, 7) is 4.31. The average molecular weight is 252 g/mol. The Labute approximate surface area is 107 Å². The topological polar surface area (TPSA) is 78.3 Å². The van der Waals surface area contributed by atoms with Crippen molar-refractivity contribution in [3.8, 4) is 0 Å². The molecule has 2 N–H and O–H groups in total. The minimum absolute atomic E-state index is 0.0714. The van der Waals surface area contributed by atoms with Crippen molar-refractivity contribution in [2.24, 2.45) is 5.92 Å². The Kier molecular flexibility index (Phi) is 3.89. The Morgan fingerprint density at radius 1 is 1.44 bits per heavy atom. The number of nitrogens with zero attached hydrogens (tertiary/aromatic N) is 1.